The van der Waals surface area contributed by atoms with Crippen LogP contribution in [0.15, 0.2) is 61.2 Å². The van der Waals surface area contributed by atoms with Gasteiger partial charge in [-0.2, -0.15) is 5.10 Å². The van der Waals surface area contributed by atoms with Crippen LogP contribution in [-0.2, 0) is 4.79 Å². The van der Waals surface area contributed by atoms with Gasteiger partial charge in [0, 0.05) is 32.7 Å². The van der Waals surface area contributed by atoms with Crippen molar-refractivity contribution in [1.29, 1.82) is 0 Å². The summed E-state index contributed by atoms with van der Waals surface area (Å²) in [7, 11) is 0. The summed E-state index contributed by atoms with van der Waals surface area (Å²) in [6, 6.07) is 15.8. The first-order chi connectivity index (χ1) is 18.5. The number of rotatable bonds is 7. The Balaban J connectivity index is 1.24. The molecule has 1 aromatic heterocycles. The predicted molar refractivity (Wildman–Crippen MR) is 145 cm³/mol. The molecule has 3 N–H and O–H groups in total. The molecular weight excluding hydrogens is 480 g/mol. The molecule has 1 saturated heterocycles. The van der Waals surface area contributed by atoms with Crippen LogP contribution in [0, 0.1) is 0 Å². The normalized spacial score (nSPS) is 19.4. The van der Waals surface area contributed by atoms with Gasteiger partial charge in [-0.1, -0.05) is 18.7 Å². The molecule has 3 aromatic rings. The minimum absolute atomic E-state index is 0.0351. The summed E-state index contributed by atoms with van der Waals surface area (Å²) in [5.41, 5.74) is 9.75. The average Bonchev–Trinajstić information content (AvgIpc) is 3.72. The Labute approximate surface area is 221 Å². The van der Waals surface area contributed by atoms with Crippen molar-refractivity contribution in [3.8, 4) is 17.2 Å². The minimum Gasteiger partial charge on any atom is -0.457 e. The van der Waals surface area contributed by atoms with Gasteiger partial charge in [0.15, 0.2) is 5.69 Å². The topological polar surface area (TPSA) is 106 Å². The molecule has 196 valence electrons. The van der Waals surface area contributed by atoms with E-state index in [1.807, 2.05) is 41.3 Å². The monoisotopic (exact) mass is 512 g/mol. The number of ether oxygens (including phenoxy) is 1. The van der Waals surface area contributed by atoms with E-state index in [0.717, 1.165) is 36.6 Å². The molecule has 1 saturated carbocycles. The number of benzene rings is 2. The molecule has 0 bridgehead atoms. The molecule has 3 aliphatic rings. The summed E-state index contributed by atoms with van der Waals surface area (Å²) < 4.78 is 7.73. The number of nitrogens with one attached hydrogen (secondary N) is 1. The van der Waals surface area contributed by atoms with Crippen LogP contribution < -0.4 is 15.8 Å². The SMILES string of the molecule is C=CC(=O)N1CCN([C@@H]2CCNc3c2nn(-c2ccc(Oc4cccc(C5CC5)c4)cc2)c3C(N)=O)CC1. The van der Waals surface area contributed by atoms with Crippen LogP contribution in [0.1, 0.15) is 53.0 Å². The van der Waals surface area contributed by atoms with Crippen LogP contribution in [0.4, 0.5) is 5.69 Å². The number of anilines is 1. The number of hydrogen-bond acceptors (Lipinski definition) is 6. The van der Waals surface area contributed by atoms with Crippen molar-refractivity contribution in [3.05, 3.63) is 78.1 Å². The lowest BCUT2D eigenvalue weighted by Gasteiger charge is -2.40. The highest BCUT2D eigenvalue weighted by atomic mass is 16.5. The van der Waals surface area contributed by atoms with Crippen molar-refractivity contribution in [1.82, 2.24) is 19.6 Å². The fourth-order valence-electron chi connectivity index (χ4n) is 5.51. The second-order valence-corrected chi connectivity index (χ2v) is 10.1. The fourth-order valence-corrected chi connectivity index (χ4v) is 5.51. The van der Waals surface area contributed by atoms with E-state index in [4.69, 9.17) is 15.6 Å². The van der Waals surface area contributed by atoms with Gasteiger partial charge in [-0.3, -0.25) is 14.5 Å². The van der Waals surface area contributed by atoms with Gasteiger partial charge in [-0.15, -0.1) is 0 Å². The summed E-state index contributed by atoms with van der Waals surface area (Å²) in [5.74, 6) is 1.61. The van der Waals surface area contributed by atoms with Gasteiger partial charge in [-0.25, -0.2) is 4.68 Å². The highest BCUT2D eigenvalue weighted by Crippen LogP contribution is 2.41. The Kier molecular flexibility index (Phi) is 6.37. The third kappa shape index (κ3) is 4.65. The van der Waals surface area contributed by atoms with Crippen molar-refractivity contribution in [2.45, 2.75) is 31.2 Å². The second kappa shape index (κ2) is 9.98. The van der Waals surface area contributed by atoms with Gasteiger partial charge in [0.05, 0.1) is 17.4 Å². The molecule has 0 radical (unpaired) electrons. The number of piperazine rings is 1. The number of carbonyl (C=O) groups is 2. The van der Waals surface area contributed by atoms with E-state index in [9.17, 15) is 9.59 Å². The van der Waals surface area contributed by atoms with E-state index in [1.165, 1.54) is 24.5 Å². The molecule has 1 atom stereocenters. The van der Waals surface area contributed by atoms with Crippen molar-refractivity contribution < 1.29 is 14.3 Å². The zero-order chi connectivity index (χ0) is 26.2. The van der Waals surface area contributed by atoms with Crippen molar-refractivity contribution in [2.75, 3.05) is 38.0 Å². The number of fused-ring (bicyclic) bond motifs is 1. The summed E-state index contributed by atoms with van der Waals surface area (Å²) in [6.45, 7) is 7.04. The standard InChI is InChI=1S/C29H32N6O3/c1-2-25(36)34-16-14-33(15-17-34)24-12-13-31-27-26(24)32-35(28(27)29(30)37)21-8-10-22(11-9-21)38-23-5-3-4-20(18-23)19-6-7-19/h2-5,8-11,18-19,24,31H,1,6-7,12-17H2,(H2,30,37)/t24-/m1/s1. The van der Waals surface area contributed by atoms with Crippen LogP contribution in [0.3, 0.4) is 0 Å². The zero-order valence-electron chi connectivity index (χ0n) is 21.3. The zero-order valence-corrected chi connectivity index (χ0v) is 21.3. The first-order valence-electron chi connectivity index (χ1n) is 13.2. The third-order valence-electron chi connectivity index (χ3n) is 7.65. The van der Waals surface area contributed by atoms with Crippen LogP contribution in [0.5, 0.6) is 11.5 Å². The van der Waals surface area contributed by atoms with Crippen molar-refractivity contribution in [3.63, 3.8) is 0 Å². The van der Waals surface area contributed by atoms with E-state index in [-0.39, 0.29) is 11.9 Å². The van der Waals surface area contributed by atoms with Crippen molar-refractivity contribution >= 4 is 17.5 Å². The molecule has 2 aromatic carbocycles. The van der Waals surface area contributed by atoms with Gasteiger partial charge in [0.25, 0.3) is 5.91 Å². The summed E-state index contributed by atoms with van der Waals surface area (Å²) >= 11 is 0. The number of hydrogen-bond donors (Lipinski definition) is 2. The Morgan fingerprint density at radius 2 is 1.79 bits per heavy atom. The molecule has 9 nitrogen and oxygen atoms in total. The predicted octanol–water partition coefficient (Wildman–Crippen LogP) is 3.83. The first-order valence-corrected chi connectivity index (χ1v) is 13.2. The largest absolute Gasteiger partial charge is 0.457 e. The van der Waals surface area contributed by atoms with E-state index in [1.54, 1.807) is 4.68 Å². The van der Waals surface area contributed by atoms with Crippen LogP contribution in [0.2, 0.25) is 0 Å². The van der Waals surface area contributed by atoms with E-state index in [2.05, 4.69) is 28.9 Å². The molecule has 2 aliphatic heterocycles. The maximum Gasteiger partial charge on any atom is 0.269 e. The minimum atomic E-state index is -0.537. The Bertz CT molecular complexity index is 1370. The number of primary amides is 1. The Hall–Kier alpha value is -4.11. The molecule has 6 rings (SSSR count). The summed E-state index contributed by atoms with van der Waals surface area (Å²) in [4.78, 5) is 28.7. The van der Waals surface area contributed by atoms with Gasteiger partial charge in [-0.05, 0) is 73.2 Å². The number of aromatic nitrogens is 2. The van der Waals surface area contributed by atoms with Crippen LogP contribution in [-0.4, -0.2) is 64.1 Å². The van der Waals surface area contributed by atoms with Crippen LogP contribution in [0.25, 0.3) is 5.69 Å². The van der Waals surface area contributed by atoms with Gasteiger partial charge in [0.2, 0.25) is 5.91 Å². The smallest absolute Gasteiger partial charge is 0.269 e. The average molecular weight is 513 g/mol. The molecular formula is C29H32N6O3. The highest BCUT2D eigenvalue weighted by Gasteiger charge is 2.35. The maximum absolute atomic E-state index is 12.6. The fraction of sp³-hybridized carbons (Fsp3) is 0.345. The summed E-state index contributed by atoms with van der Waals surface area (Å²) in [6.07, 6.45) is 4.70. The van der Waals surface area contributed by atoms with E-state index in [0.29, 0.717) is 42.7 Å². The molecule has 2 amide bonds. The van der Waals surface area contributed by atoms with Crippen LogP contribution >= 0.6 is 0 Å². The summed E-state index contributed by atoms with van der Waals surface area (Å²) in [5, 5.41) is 8.25. The first kappa shape index (κ1) is 24.2. The van der Waals surface area contributed by atoms with Gasteiger partial charge < -0.3 is 20.7 Å². The number of nitrogens with zero attached hydrogens (tertiary/aromatic N) is 4. The van der Waals surface area contributed by atoms with E-state index < -0.39 is 5.91 Å². The lowest BCUT2D eigenvalue weighted by molar-refractivity contribution is -0.128. The molecule has 1 aliphatic carbocycles. The van der Waals surface area contributed by atoms with Gasteiger partial charge >= 0.3 is 0 Å². The molecule has 9 heteroatoms. The quantitative estimate of drug-likeness (QED) is 0.466. The second-order valence-electron chi connectivity index (χ2n) is 10.1. The highest BCUT2D eigenvalue weighted by molar-refractivity contribution is 5.98. The third-order valence-corrected chi connectivity index (χ3v) is 7.65. The van der Waals surface area contributed by atoms with Gasteiger partial charge in [0.1, 0.15) is 17.2 Å². The Morgan fingerprint density at radius 3 is 2.47 bits per heavy atom. The maximum atomic E-state index is 12.6. The molecule has 0 spiro atoms. The number of carbonyl (C=O) groups excluding carboxylic acids is 2. The molecule has 0 unspecified atom stereocenters. The lowest BCUT2D eigenvalue weighted by Crippen LogP contribution is -2.50. The van der Waals surface area contributed by atoms with Crippen molar-refractivity contribution in [2.24, 2.45) is 5.73 Å². The lowest BCUT2D eigenvalue weighted by atomic mass is 10.0. The number of amides is 2. The molecule has 2 fully saturated rings. The van der Waals surface area contributed by atoms with E-state index >= 15 is 0 Å². The molecule has 3 heterocycles. The Morgan fingerprint density at radius 1 is 1.03 bits per heavy atom. The molecule has 38 heavy (non-hydrogen) atoms. The number of nitrogens with two attached hydrogens (primary N) is 1.